The zero-order valence-corrected chi connectivity index (χ0v) is 87.0. The molecule has 0 radical (unpaired) electrons. The van der Waals surface area contributed by atoms with Crippen LogP contribution >= 0.6 is 0 Å². The normalized spacial score (nSPS) is 13.9. The van der Waals surface area contributed by atoms with Crippen LogP contribution in [0.1, 0.15) is 323 Å². The average Bonchev–Trinajstić information content (AvgIpc) is 0.759. The molecule has 0 bridgehead atoms. The molecular weight excluding hydrogens is 1700 g/mol. The van der Waals surface area contributed by atoms with E-state index >= 15 is 0 Å². The van der Waals surface area contributed by atoms with Gasteiger partial charge < -0.3 is 9.80 Å². The zero-order chi connectivity index (χ0) is 100. The van der Waals surface area contributed by atoms with E-state index in [1.165, 1.54) is 145 Å². The lowest BCUT2D eigenvalue weighted by Crippen LogP contribution is -2.46. The predicted molar refractivity (Wildman–Crippen MR) is 595 cm³/mol. The first-order chi connectivity index (χ1) is 67.3. The van der Waals surface area contributed by atoms with Crippen molar-refractivity contribution in [3.8, 4) is 82.9 Å². The molecule has 14 aromatic rings. The van der Waals surface area contributed by atoms with Crippen molar-refractivity contribution in [3.63, 3.8) is 0 Å². The number of benzene rings is 14. The van der Waals surface area contributed by atoms with Crippen molar-refractivity contribution in [3.05, 3.63) is 482 Å². The van der Waals surface area contributed by atoms with Crippen molar-refractivity contribution < 1.29 is 4.79 Å². The number of fused-ring (bicyclic) bond motifs is 14. The van der Waals surface area contributed by atoms with Crippen LogP contribution in [0.3, 0.4) is 0 Å². The lowest BCUT2D eigenvalue weighted by Gasteiger charge is -2.39. The van der Waals surface area contributed by atoms with Crippen molar-refractivity contribution in [2.75, 3.05) is 9.80 Å². The minimum atomic E-state index is -0.320. The summed E-state index contributed by atoms with van der Waals surface area (Å²) >= 11 is 0. The highest BCUT2D eigenvalue weighted by Crippen LogP contribution is 2.42. The topological polar surface area (TPSA) is 23.6 Å². The second-order valence-corrected chi connectivity index (χ2v) is 45.0. The van der Waals surface area contributed by atoms with Crippen LogP contribution in [-0.4, -0.2) is 17.0 Å². The van der Waals surface area contributed by atoms with E-state index in [1.54, 1.807) is 0 Å². The Bertz CT molecular complexity index is 7320. The molecule has 1 amide bonds. The van der Waals surface area contributed by atoms with E-state index in [-0.39, 0.29) is 44.1 Å². The molecule has 141 heavy (non-hydrogen) atoms. The molecule has 3 heteroatoms. The van der Waals surface area contributed by atoms with Gasteiger partial charge in [0, 0.05) is 95.5 Å². The second-order valence-electron chi connectivity index (χ2n) is 45.0. The van der Waals surface area contributed by atoms with Gasteiger partial charge in [0.15, 0.2) is 0 Å². The Labute approximate surface area is 845 Å². The van der Waals surface area contributed by atoms with E-state index in [0.717, 1.165) is 92.3 Å². The Morgan fingerprint density at radius 3 is 1.10 bits per heavy atom. The Kier molecular flexibility index (Phi) is 31.0. The molecule has 0 spiro atoms. The SMILES string of the molecule is CC(C)(C)C1Cc2ccccc2C#Cc2ccccc21.CC(C)(C)N1C(=O)c2ccccc2C#Cc2ccccc21.CC(C)(C)N1Cc2ccccc2C#Cc2ccccc21.CC(C)(C)c1ccc2c(c1)C#Cc1ccccc1CC2.CC(C)(C)c1ccc2c(c1)CCc1ccccc1C#C2.CC(C)(C)c1cccc2c1C#Cc1ccccc1CC2.CC(C)(C)c1cccc2c1CCc1ccccc1C#C2. The highest BCUT2D eigenvalue weighted by Gasteiger charge is 2.34. The van der Waals surface area contributed by atoms with Crippen LogP contribution in [0, 0.1) is 88.3 Å². The van der Waals surface area contributed by atoms with Crippen LogP contribution in [0.4, 0.5) is 11.4 Å². The molecule has 704 valence electrons. The molecular formula is C138H136N2O. The van der Waals surface area contributed by atoms with Gasteiger partial charge in [-0.3, -0.25) is 4.79 Å². The fourth-order valence-electron chi connectivity index (χ4n) is 19.2. The van der Waals surface area contributed by atoms with Crippen molar-refractivity contribution >= 4 is 17.3 Å². The van der Waals surface area contributed by atoms with Crippen molar-refractivity contribution in [2.24, 2.45) is 5.41 Å². The summed E-state index contributed by atoms with van der Waals surface area (Å²) in [7, 11) is 0. The van der Waals surface area contributed by atoms with Crippen LogP contribution in [-0.2, 0) is 86.0 Å². The predicted octanol–water partition coefficient (Wildman–Crippen LogP) is 30.8. The maximum atomic E-state index is 13.1. The number of hydrogen-bond donors (Lipinski definition) is 0. The highest BCUT2D eigenvalue weighted by atomic mass is 16.2. The second kappa shape index (κ2) is 43.3. The van der Waals surface area contributed by atoms with E-state index in [0.29, 0.717) is 11.5 Å². The largest absolute Gasteiger partial charge is 0.361 e. The molecule has 1 atom stereocenters. The lowest BCUT2D eigenvalue weighted by molar-refractivity contribution is 0.0965. The third-order valence-electron chi connectivity index (χ3n) is 27.3. The Hall–Kier alpha value is -14.7. The number of nitrogens with zero attached hydrogens (tertiary/aromatic N) is 2. The van der Waals surface area contributed by atoms with E-state index < -0.39 is 0 Å². The summed E-state index contributed by atoms with van der Waals surface area (Å²) in [5.74, 6) is 47.2. The van der Waals surface area contributed by atoms with Crippen molar-refractivity contribution in [2.45, 2.75) is 248 Å². The van der Waals surface area contributed by atoms with E-state index in [1.807, 2.05) is 74.2 Å². The number of aryl methyl sites for hydroxylation is 7. The summed E-state index contributed by atoms with van der Waals surface area (Å²) < 4.78 is 0. The summed E-state index contributed by atoms with van der Waals surface area (Å²) in [6, 6.07) is 110. The third kappa shape index (κ3) is 25.3. The van der Waals surface area contributed by atoms with Gasteiger partial charge in [0.2, 0.25) is 0 Å². The fraction of sp³-hybridized carbons (Fsp3) is 0.283. The summed E-state index contributed by atoms with van der Waals surface area (Å²) in [4.78, 5) is 17.3. The van der Waals surface area contributed by atoms with E-state index in [4.69, 9.17) is 0 Å². The lowest BCUT2D eigenvalue weighted by atomic mass is 9.71. The maximum Gasteiger partial charge on any atom is 0.260 e. The molecule has 2 aliphatic heterocycles. The maximum absolute atomic E-state index is 13.1. The first kappa shape index (κ1) is 101. The molecule has 0 saturated heterocycles. The standard InChI is InChI=1S/5C20H20.C19H17NO.C19H19N/c1-20(2,3)19-14-17-10-5-4-8-15(17)12-13-16-9-6-7-11-18(16)19;2*1-20(2,3)19-10-6-9-17-12-11-15-7-4-5-8-16(15)13-14-18(17)19;2*1-20(2,3)19-13-12-17-9-8-15-6-4-5-7-16(15)10-11-18(17)14-19;1-19(2,3)20-17-11-7-5-9-15(17)13-12-14-8-4-6-10-16(14)18(20)21;1-19(2,3)20-14-17-10-5-4-8-15(17)12-13-16-9-6-7-11-18(16)20/h4-11,19H,14H2,1-3H3;4-10H,13-14H2,1-3H3;4-10H,11-12H2,1-3H3;4-7,12-14H,10-11H2,1-3H3;4-7,12-14H,8-9H2,1-3H3;4-11H,1-3H3;4-11H,14H2,1-3H3. The number of para-hydroxylation sites is 2. The van der Waals surface area contributed by atoms with E-state index in [9.17, 15) is 4.79 Å². The Balaban J connectivity index is 0.000000124. The summed E-state index contributed by atoms with van der Waals surface area (Å²) in [5.41, 5.74) is 39.9. The van der Waals surface area contributed by atoms with Crippen molar-refractivity contribution in [1.82, 2.24) is 0 Å². The first-order valence-electron chi connectivity index (χ1n) is 50.4. The average molecular weight is 1840 g/mol. The van der Waals surface area contributed by atoms with Gasteiger partial charge in [0.05, 0.1) is 16.9 Å². The zero-order valence-electron chi connectivity index (χ0n) is 87.0. The molecule has 0 N–H and O–H groups in total. The van der Waals surface area contributed by atoms with Crippen LogP contribution in [0.5, 0.6) is 0 Å². The summed E-state index contributed by atoms with van der Waals surface area (Å²) in [5, 5.41) is 0. The van der Waals surface area contributed by atoms with Crippen molar-refractivity contribution in [1.29, 1.82) is 0 Å². The summed E-state index contributed by atoms with van der Waals surface area (Å²) in [6.45, 7) is 47.9. The molecule has 2 heterocycles. The van der Waals surface area contributed by atoms with Gasteiger partial charge >= 0.3 is 0 Å². The van der Waals surface area contributed by atoms with Gasteiger partial charge in [-0.25, -0.2) is 0 Å². The molecule has 7 aliphatic rings. The monoisotopic (exact) mass is 1840 g/mol. The number of rotatable bonds is 0. The van der Waals surface area contributed by atoms with E-state index in [2.05, 4.69) is 479 Å². The first-order valence-corrected chi connectivity index (χ1v) is 50.4. The Morgan fingerprint density at radius 2 is 0.582 bits per heavy atom. The third-order valence-corrected chi connectivity index (χ3v) is 27.3. The molecule has 21 rings (SSSR count). The number of carbonyl (C=O) groups is 1. The van der Waals surface area contributed by atoms with Gasteiger partial charge in [0.25, 0.3) is 5.91 Å². The minimum Gasteiger partial charge on any atom is -0.361 e. The number of anilines is 2. The van der Waals surface area contributed by atoms with Crippen LogP contribution in [0.2, 0.25) is 0 Å². The van der Waals surface area contributed by atoms with Crippen LogP contribution in [0.25, 0.3) is 0 Å². The molecule has 0 aromatic heterocycles. The molecule has 1 unspecified atom stereocenters. The van der Waals surface area contributed by atoms with Gasteiger partial charge in [-0.15, -0.1) is 0 Å². The van der Waals surface area contributed by atoms with Gasteiger partial charge in [-0.05, 0) is 313 Å². The minimum absolute atomic E-state index is 0.000417. The highest BCUT2D eigenvalue weighted by molar-refractivity contribution is 6.09. The number of carbonyl (C=O) groups excluding carboxylic acids is 1. The molecule has 3 nitrogen and oxygen atoms in total. The molecule has 0 saturated carbocycles. The molecule has 14 aromatic carbocycles. The van der Waals surface area contributed by atoms with Crippen LogP contribution < -0.4 is 9.80 Å². The quantitative estimate of drug-likeness (QED) is 0.141. The number of amides is 1. The van der Waals surface area contributed by atoms with Gasteiger partial charge in [-0.1, -0.05) is 405 Å². The van der Waals surface area contributed by atoms with Crippen LogP contribution in [0.15, 0.2) is 315 Å². The molecule has 5 aliphatic carbocycles. The summed E-state index contributed by atoms with van der Waals surface area (Å²) in [6.07, 6.45) is 9.66. The van der Waals surface area contributed by atoms with Gasteiger partial charge in [-0.2, -0.15) is 0 Å². The smallest absolute Gasteiger partial charge is 0.260 e. The fourth-order valence-corrected chi connectivity index (χ4v) is 19.2. The Morgan fingerprint density at radius 1 is 0.241 bits per heavy atom. The number of hydrogen-bond acceptors (Lipinski definition) is 2. The van der Waals surface area contributed by atoms with Gasteiger partial charge in [0.1, 0.15) is 0 Å². The molecule has 0 fully saturated rings.